The van der Waals surface area contributed by atoms with Crippen LogP contribution in [0.1, 0.15) is 37.8 Å². The fourth-order valence-electron chi connectivity index (χ4n) is 3.77. The fourth-order valence-corrected chi connectivity index (χ4v) is 3.77. The van der Waals surface area contributed by atoms with E-state index in [1.807, 2.05) is 6.92 Å². The van der Waals surface area contributed by atoms with Gasteiger partial charge in [0.2, 0.25) is 17.7 Å². The fraction of sp³-hybridized carbons (Fsp3) is 0.407. The number of rotatable bonds is 14. The second kappa shape index (κ2) is 14.9. The Morgan fingerprint density at radius 1 is 0.925 bits per heavy atom. The van der Waals surface area contributed by atoms with Gasteiger partial charge in [-0.15, -0.1) is 0 Å². The van der Waals surface area contributed by atoms with E-state index >= 15 is 0 Å². The second-order valence-electron chi connectivity index (χ2n) is 9.19. The summed E-state index contributed by atoms with van der Waals surface area (Å²) in [6.45, 7) is 1.48. The number of carboxylic acids is 1. The number of carbonyl (C=O) groups excluding carboxylic acids is 3. The van der Waals surface area contributed by atoms with Crippen molar-refractivity contribution in [3.63, 3.8) is 0 Å². The lowest BCUT2D eigenvalue weighted by Crippen LogP contribution is -2.53. The molecule has 40 heavy (non-hydrogen) atoms. The van der Waals surface area contributed by atoms with E-state index in [2.05, 4.69) is 10.6 Å². The molecular weight excluding hydrogens is 533 g/mol. The highest BCUT2D eigenvalue weighted by molar-refractivity contribution is 5.90. The summed E-state index contributed by atoms with van der Waals surface area (Å²) in [6, 6.07) is 9.60. The Bertz CT molecular complexity index is 1190. The van der Waals surface area contributed by atoms with Gasteiger partial charge in [-0.25, -0.2) is 4.79 Å². The van der Waals surface area contributed by atoms with Gasteiger partial charge in [0.05, 0.1) is 6.04 Å². The minimum atomic E-state index is -4.63. The van der Waals surface area contributed by atoms with E-state index < -0.39 is 54.5 Å². The highest BCUT2D eigenvalue weighted by Gasteiger charge is 2.31. The zero-order chi connectivity index (χ0) is 29.9. The molecule has 2 aromatic rings. The summed E-state index contributed by atoms with van der Waals surface area (Å²) >= 11 is 0. The summed E-state index contributed by atoms with van der Waals surface area (Å²) < 4.78 is 43.9. The zero-order valence-corrected chi connectivity index (χ0v) is 22.1. The van der Waals surface area contributed by atoms with Gasteiger partial charge in [-0.1, -0.05) is 37.6 Å². The highest BCUT2D eigenvalue weighted by Crippen LogP contribution is 2.24. The van der Waals surface area contributed by atoms with Crippen LogP contribution in [0.5, 0.6) is 11.5 Å². The largest absolute Gasteiger partial charge is 0.480 e. The first-order chi connectivity index (χ1) is 18.8. The van der Waals surface area contributed by atoms with E-state index in [1.54, 1.807) is 53.8 Å². The SMILES string of the molecule is CCC[C@H](N)C(=O)N[C@@H](Cc1cccc(Oc2cccc(C[C@H](NC(C)=O)C(=O)O)c2)c1)C(=O)NCC(F)(F)F. The number of aliphatic carboxylic acids is 1. The smallest absolute Gasteiger partial charge is 0.405 e. The number of hydrogen-bond acceptors (Lipinski definition) is 6. The zero-order valence-electron chi connectivity index (χ0n) is 22.1. The van der Waals surface area contributed by atoms with Crippen molar-refractivity contribution < 1.29 is 42.2 Å². The number of alkyl halides is 3. The van der Waals surface area contributed by atoms with Gasteiger partial charge >= 0.3 is 12.1 Å². The van der Waals surface area contributed by atoms with E-state index in [4.69, 9.17) is 10.5 Å². The third-order valence-electron chi connectivity index (χ3n) is 5.62. The standard InChI is InChI=1S/C27H33F3N4O6/c1-3-6-21(31)24(36)34-22(25(37)32-15-27(28,29)30)13-17-7-4-9-19(11-17)40-20-10-5-8-18(12-20)14-23(26(38)39)33-16(2)35/h4-5,7-12,21-23H,3,6,13-15,31H2,1-2H3,(H,32,37)(H,33,35)(H,34,36)(H,38,39)/t21-,22-,23-/m0/s1. The van der Waals surface area contributed by atoms with Crippen LogP contribution in [-0.4, -0.2) is 59.6 Å². The van der Waals surface area contributed by atoms with Crippen molar-refractivity contribution in [1.82, 2.24) is 16.0 Å². The Balaban J connectivity index is 2.19. The Morgan fingerprint density at radius 2 is 1.48 bits per heavy atom. The number of nitrogens with two attached hydrogens (primary N) is 1. The molecule has 6 N–H and O–H groups in total. The summed E-state index contributed by atoms with van der Waals surface area (Å²) in [6.07, 6.45) is -3.81. The van der Waals surface area contributed by atoms with Gasteiger partial charge < -0.3 is 31.5 Å². The molecule has 0 aromatic heterocycles. The van der Waals surface area contributed by atoms with Crippen molar-refractivity contribution in [2.24, 2.45) is 5.73 Å². The first-order valence-electron chi connectivity index (χ1n) is 12.5. The van der Waals surface area contributed by atoms with E-state index in [9.17, 15) is 37.5 Å². The number of hydrogen-bond donors (Lipinski definition) is 5. The Labute approximate surface area is 229 Å². The maximum Gasteiger partial charge on any atom is 0.405 e. The van der Waals surface area contributed by atoms with E-state index in [0.717, 1.165) is 0 Å². The molecule has 3 amide bonds. The monoisotopic (exact) mass is 566 g/mol. The molecule has 10 nitrogen and oxygen atoms in total. The lowest BCUT2D eigenvalue weighted by molar-refractivity contribution is -0.141. The molecule has 218 valence electrons. The lowest BCUT2D eigenvalue weighted by atomic mass is 10.0. The maximum absolute atomic E-state index is 12.7. The van der Waals surface area contributed by atoms with Gasteiger partial charge in [0.25, 0.3) is 0 Å². The Hall–Kier alpha value is -4.13. The van der Waals surface area contributed by atoms with Crippen molar-refractivity contribution in [2.75, 3.05) is 6.54 Å². The van der Waals surface area contributed by atoms with E-state index in [1.165, 1.54) is 6.92 Å². The van der Waals surface area contributed by atoms with Gasteiger partial charge in [-0.3, -0.25) is 14.4 Å². The normalized spacial score (nSPS) is 13.4. The quantitative estimate of drug-likeness (QED) is 0.235. The van der Waals surface area contributed by atoms with E-state index in [0.29, 0.717) is 35.5 Å². The Morgan fingerprint density at radius 3 is 1.95 bits per heavy atom. The molecule has 0 fully saturated rings. The maximum atomic E-state index is 12.7. The molecule has 0 aliphatic rings. The predicted molar refractivity (Wildman–Crippen MR) is 139 cm³/mol. The highest BCUT2D eigenvalue weighted by atomic mass is 19.4. The minimum absolute atomic E-state index is 0.0146. The lowest BCUT2D eigenvalue weighted by Gasteiger charge is -2.21. The van der Waals surface area contributed by atoms with Gasteiger partial charge in [0.15, 0.2) is 0 Å². The molecule has 0 saturated carbocycles. The molecule has 0 bridgehead atoms. The predicted octanol–water partition coefficient (Wildman–Crippen LogP) is 2.44. The molecule has 0 aliphatic carbocycles. The number of halogens is 3. The van der Waals surface area contributed by atoms with Gasteiger partial charge in [-0.2, -0.15) is 13.2 Å². The molecule has 3 atom stereocenters. The topological polar surface area (TPSA) is 160 Å². The summed E-state index contributed by atoms with van der Waals surface area (Å²) in [5.41, 5.74) is 6.88. The Kier molecular flexibility index (Phi) is 11.9. The average molecular weight is 567 g/mol. The number of benzene rings is 2. The molecular formula is C27H33F3N4O6. The molecule has 0 unspecified atom stereocenters. The van der Waals surface area contributed by atoms with Crippen LogP contribution in [-0.2, 0) is 32.0 Å². The van der Waals surface area contributed by atoms with Crippen LogP contribution in [0.3, 0.4) is 0 Å². The first kappa shape index (κ1) is 32.1. The third kappa shape index (κ3) is 11.3. The van der Waals surface area contributed by atoms with Crippen molar-refractivity contribution in [2.45, 2.75) is 63.8 Å². The molecule has 0 saturated heterocycles. The molecule has 13 heteroatoms. The molecule has 2 aromatic carbocycles. The number of amides is 3. The van der Waals surface area contributed by atoms with Crippen molar-refractivity contribution >= 4 is 23.7 Å². The summed E-state index contributed by atoms with van der Waals surface area (Å²) in [4.78, 5) is 47.8. The van der Waals surface area contributed by atoms with E-state index in [-0.39, 0.29) is 12.8 Å². The minimum Gasteiger partial charge on any atom is -0.480 e. The number of carbonyl (C=O) groups is 4. The summed E-state index contributed by atoms with van der Waals surface area (Å²) in [5.74, 6) is -2.65. The molecule has 0 radical (unpaired) electrons. The van der Waals surface area contributed by atoms with Crippen LogP contribution >= 0.6 is 0 Å². The molecule has 2 rings (SSSR count). The van der Waals surface area contributed by atoms with Crippen LogP contribution in [0, 0.1) is 0 Å². The number of carboxylic acid groups (broad SMARTS) is 1. The van der Waals surface area contributed by atoms with Crippen LogP contribution in [0.4, 0.5) is 13.2 Å². The van der Waals surface area contributed by atoms with Crippen molar-refractivity contribution in [1.29, 1.82) is 0 Å². The third-order valence-corrected chi connectivity index (χ3v) is 5.62. The van der Waals surface area contributed by atoms with Crippen LogP contribution in [0.15, 0.2) is 48.5 Å². The van der Waals surface area contributed by atoms with Gasteiger partial charge in [-0.05, 0) is 41.8 Å². The van der Waals surface area contributed by atoms with Gasteiger partial charge in [0.1, 0.15) is 30.1 Å². The molecule has 0 heterocycles. The molecule has 0 spiro atoms. The number of nitrogens with one attached hydrogen (secondary N) is 3. The summed E-state index contributed by atoms with van der Waals surface area (Å²) in [5, 5.41) is 16.0. The van der Waals surface area contributed by atoms with Gasteiger partial charge in [0, 0.05) is 19.8 Å². The second-order valence-corrected chi connectivity index (χ2v) is 9.19. The average Bonchev–Trinajstić information content (AvgIpc) is 2.86. The summed E-state index contributed by atoms with van der Waals surface area (Å²) in [7, 11) is 0. The van der Waals surface area contributed by atoms with Crippen LogP contribution in [0.2, 0.25) is 0 Å². The molecule has 0 aliphatic heterocycles. The van der Waals surface area contributed by atoms with Crippen LogP contribution in [0.25, 0.3) is 0 Å². The van der Waals surface area contributed by atoms with Crippen LogP contribution < -0.4 is 26.4 Å². The van der Waals surface area contributed by atoms with Crippen molar-refractivity contribution in [3.05, 3.63) is 59.7 Å². The van der Waals surface area contributed by atoms with Crippen molar-refractivity contribution in [3.8, 4) is 11.5 Å². The first-order valence-corrected chi connectivity index (χ1v) is 12.5. The number of ether oxygens (including phenoxy) is 1.